The summed E-state index contributed by atoms with van der Waals surface area (Å²) < 4.78 is 0. The van der Waals surface area contributed by atoms with Crippen molar-refractivity contribution >= 4 is 0 Å². The molecule has 0 amide bonds. The summed E-state index contributed by atoms with van der Waals surface area (Å²) in [5.41, 5.74) is 0. The average Bonchev–Trinajstić information content (AvgIpc) is 0. The van der Waals surface area contributed by atoms with E-state index in [4.69, 9.17) is 0 Å². The first-order valence-electron chi connectivity index (χ1n) is 0. The molecular weight excluding hydrogens is 346 g/mol. The molecule has 6 heteroatoms. The van der Waals surface area contributed by atoms with Crippen molar-refractivity contribution in [3.63, 3.8) is 0 Å². The van der Waals surface area contributed by atoms with Gasteiger partial charge in [-0.25, -0.2) is 0 Å². The molecule has 0 aromatic rings. The minimum Gasteiger partial charge on any atom is 0 e. The maximum Gasteiger partial charge on any atom is 0 e. The Balaban J connectivity index is 0. The van der Waals surface area contributed by atoms with E-state index in [1.54, 1.807) is 0 Å². The number of hydrogen-bond acceptors (Lipinski definition) is 0. The smallest absolute Gasteiger partial charge is 0 e. The Hall–Kier alpha value is 3.19. The normalized spacial score (nSPS) is 0. The molecular formula is CoCrFeMnNiZn. The van der Waals surface area contributed by atoms with Gasteiger partial charge in [-0.1, -0.05) is 0 Å². The fourth-order valence-corrected chi connectivity index (χ4v) is 0. The topological polar surface area (TPSA) is 0 Å². The Kier molecular flexibility index (Phi) is 419. The summed E-state index contributed by atoms with van der Waals surface area (Å²) in [5.74, 6) is 0. The van der Waals surface area contributed by atoms with Crippen molar-refractivity contribution in [3.8, 4) is 0 Å². The molecule has 0 aliphatic heterocycles. The fourth-order valence-electron chi connectivity index (χ4n) is 0. The molecule has 0 fully saturated rings. The quantitative estimate of drug-likeness (QED) is 0.542. The third kappa shape index (κ3) is 27.1. The molecule has 0 aliphatic rings. The SMILES string of the molecule is [Co].[Cr].[Fe].[Mn].[Ni].[Zn]. The van der Waals surface area contributed by atoms with Gasteiger partial charge in [0.05, 0.1) is 0 Å². The Morgan fingerprint density at radius 3 is 1.00 bits per heavy atom. The molecule has 0 rings (SSSR count). The number of rotatable bonds is 0. The molecule has 0 saturated heterocycles. The predicted octanol–water partition coefficient (Wildman–Crippen LogP) is -0.0150. The van der Waals surface area contributed by atoms with E-state index in [0.29, 0.717) is 0 Å². The summed E-state index contributed by atoms with van der Waals surface area (Å²) in [7, 11) is 0. The van der Waals surface area contributed by atoms with E-state index in [0.717, 1.165) is 0 Å². The van der Waals surface area contributed by atoms with Crippen molar-refractivity contribution in [2.24, 2.45) is 0 Å². The van der Waals surface area contributed by atoms with E-state index in [1.165, 1.54) is 0 Å². The van der Waals surface area contributed by atoms with Gasteiger partial charge in [0, 0.05) is 104 Å². The summed E-state index contributed by atoms with van der Waals surface area (Å²) in [6.45, 7) is 0. The maximum absolute atomic E-state index is 0. The van der Waals surface area contributed by atoms with Crippen LogP contribution in [0.2, 0.25) is 0 Å². The zero-order valence-corrected chi connectivity index (χ0v) is 11.1. The molecule has 0 N–H and O–H groups in total. The summed E-state index contributed by atoms with van der Waals surface area (Å²) in [5, 5.41) is 0. The summed E-state index contributed by atoms with van der Waals surface area (Å²) in [6.07, 6.45) is 0. The van der Waals surface area contributed by atoms with E-state index < -0.39 is 0 Å². The Morgan fingerprint density at radius 1 is 1.00 bits per heavy atom. The third-order valence-corrected chi connectivity index (χ3v) is 0. The zero-order valence-electron chi connectivity index (χ0n) is 2.50. The van der Waals surface area contributed by atoms with Crippen molar-refractivity contribution < 1.29 is 104 Å². The van der Waals surface area contributed by atoms with Crippen molar-refractivity contribution in [2.45, 2.75) is 0 Å². The zero-order chi connectivity index (χ0) is 0. The van der Waals surface area contributed by atoms with Crippen LogP contribution in [-0.2, 0) is 104 Å². The van der Waals surface area contributed by atoms with Crippen LogP contribution in [0.3, 0.4) is 0 Å². The third-order valence-electron chi connectivity index (χ3n) is 0. The molecule has 0 atom stereocenters. The molecule has 6 heavy (non-hydrogen) atoms. The molecule has 0 aromatic heterocycles. The van der Waals surface area contributed by atoms with Gasteiger partial charge in [0.15, 0.2) is 0 Å². The predicted molar refractivity (Wildman–Crippen MR) is 0 cm³/mol. The van der Waals surface area contributed by atoms with Gasteiger partial charge in [-0.2, -0.15) is 0 Å². The second-order valence-corrected chi connectivity index (χ2v) is 0. The molecule has 42 valence electrons. The first-order valence-corrected chi connectivity index (χ1v) is 0. The van der Waals surface area contributed by atoms with E-state index in [2.05, 4.69) is 0 Å². The van der Waals surface area contributed by atoms with Gasteiger partial charge in [-0.15, -0.1) is 0 Å². The molecule has 0 heterocycles. The van der Waals surface area contributed by atoms with E-state index in [9.17, 15) is 0 Å². The van der Waals surface area contributed by atoms with Crippen LogP contribution in [0.25, 0.3) is 0 Å². The van der Waals surface area contributed by atoms with Crippen molar-refractivity contribution in [3.05, 3.63) is 0 Å². The van der Waals surface area contributed by atoms with E-state index >= 15 is 0 Å². The second kappa shape index (κ2) is 41.6. The minimum absolute atomic E-state index is 0. The molecule has 0 nitrogen and oxygen atoms in total. The van der Waals surface area contributed by atoms with E-state index in [-0.39, 0.29) is 104 Å². The average molecular weight is 346 g/mol. The van der Waals surface area contributed by atoms with Crippen LogP contribution in [0.1, 0.15) is 0 Å². The Labute approximate surface area is 103 Å². The summed E-state index contributed by atoms with van der Waals surface area (Å²) in [4.78, 5) is 0. The largest absolute Gasteiger partial charge is 0 e. The van der Waals surface area contributed by atoms with Crippen LogP contribution in [-0.4, -0.2) is 0 Å². The van der Waals surface area contributed by atoms with Gasteiger partial charge in [-0.05, 0) is 0 Å². The summed E-state index contributed by atoms with van der Waals surface area (Å²) in [6, 6.07) is 0. The Bertz CT molecular complexity index is 15.5. The van der Waals surface area contributed by atoms with E-state index in [1.807, 2.05) is 0 Å². The number of hydrogen-bond donors (Lipinski definition) is 0. The molecule has 0 aliphatic carbocycles. The molecule has 2 radical (unpaired) electrons. The van der Waals surface area contributed by atoms with Crippen molar-refractivity contribution in [2.75, 3.05) is 0 Å². The second-order valence-electron chi connectivity index (χ2n) is 0. The minimum atomic E-state index is 0. The molecule has 0 bridgehead atoms. The van der Waals surface area contributed by atoms with Crippen molar-refractivity contribution in [1.82, 2.24) is 0 Å². The first-order chi connectivity index (χ1) is 0. The van der Waals surface area contributed by atoms with Crippen LogP contribution < -0.4 is 0 Å². The van der Waals surface area contributed by atoms with Gasteiger partial charge in [0.1, 0.15) is 0 Å². The summed E-state index contributed by atoms with van der Waals surface area (Å²) >= 11 is 0. The van der Waals surface area contributed by atoms with Gasteiger partial charge in [0.2, 0.25) is 0 Å². The van der Waals surface area contributed by atoms with Crippen molar-refractivity contribution in [1.29, 1.82) is 0 Å². The molecule has 0 aromatic carbocycles. The first kappa shape index (κ1) is 60.5. The maximum atomic E-state index is 0. The van der Waals surface area contributed by atoms with Gasteiger partial charge >= 0.3 is 0 Å². The van der Waals surface area contributed by atoms with Gasteiger partial charge in [0.25, 0.3) is 0 Å². The molecule has 0 saturated carbocycles. The molecule has 0 spiro atoms. The Morgan fingerprint density at radius 2 is 1.00 bits per heavy atom. The molecule has 0 unspecified atom stereocenters. The van der Waals surface area contributed by atoms with Crippen LogP contribution in [0, 0.1) is 0 Å². The van der Waals surface area contributed by atoms with Gasteiger partial charge in [-0.3, -0.25) is 0 Å². The van der Waals surface area contributed by atoms with Gasteiger partial charge < -0.3 is 0 Å². The van der Waals surface area contributed by atoms with Crippen LogP contribution in [0.5, 0.6) is 0 Å². The fraction of sp³-hybridized carbons (Fsp3) is 0. The van der Waals surface area contributed by atoms with Crippen LogP contribution >= 0.6 is 0 Å². The van der Waals surface area contributed by atoms with Crippen LogP contribution in [0.15, 0.2) is 0 Å². The standard InChI is InChI=1S/Co.Cr.Fe.Mn.Ni.Zn. The monoisotopic (exact) mass is 344 g/mol. The van der Waals surface area contributed by atoms with Crippen LogP contribution in [0.4, 0.5) is 0 Å².